The Hall–Kier alpha value is -2.84. The molecule has 0 aliphatic rings. The molecule has 2 rings (SSSR count). The van der Waals surface area contributed by atoms with E-state index in [2.05, 4.69) is 10.1 Å². The van der Waals surface area contributed by atoms with Gasteiger partial charge in [0.2, 0.25) is 5.76 Å². The van der Waals surface area contributed by atoms with Crippen LogP contribution in [0.2, 0.25) is 0 Å². The second-order valence-electron chi connectivity index (χ2n) is 5.20. The summed E-state index contributed by atoms with van der Waals surface area (Å²) in [6.45, 7) is 4.00. The number of hydrogen-bond donors (Lipinski definition) is 2. The van der Waals surface area contributed by atoms with E-state index in [0.29, 0.717) is 18.7 Å². The number of hydrogen-bond acceptors (Lipinski definition) is 6. The summed E-state index contributed by atoms with van der Waals surface area (Å²) in [4.78, 5) is 39.6. The summed E-state index contributed by atoms with van der Waals surface area (Å²) in [7, 11) is 1.38. The fraction of sp³-hybridized carbons (Fsp3) is 0.429. The monoisotopic (exact) mass is 321 g/mol. The molecule has 0 unspecified atom stereocenters. The molecular formula is C14H19N5O4. The zero-order valence-corrected chi connectivity index (χ0v) is 13.3. The number of carbonyl (C=O) groups is 1. The molecule has 124 valence electrons. The summed E-state index contributed by atoms with van der Waals surface area (Å²) in [5, 5.41) is 3.64. The number of anilines is 2. The molecule has 0 saturated heterocycles. The molecule has 0 atom stereocenters. The second-order valence-corrected chi connectivity index (χ2v) is 5.20. The highest BCUT2D eigenvalue weighted by atomic mass is 16.5. The van der Waals surface area contributed by atoms with Crippen LogP contribution in [0.15, 0.2) is 20.2 Å². The molecule has 0 fully saturated rings. The Bertz CT molecular complexity index is 832. The van der Waals surface area contributed by atoms with Crippen LogP contribution in [0.5, 0.6) is 0 Å². The average molecular weight is 321 g/mol. The molecule has 1 amide bonds. The van der Waals surface area contributed by atoms with E-state index < -0.39 is 17.2 Å². The van der Waals surface area contributed by atoms with Crippen molar-refractivity contribution >= 4 is 17.4 Å². The van der Waals surface area contributed by atoms with Crippen molar-refractivity contribution in [3.63, 3.8) is 0 Å². The van der Waals surface area contributed by atoms with Crippen molar-refractivity contribution in [1.82, 2.24) is 14.7 Å². The first-order chi connectivity index (χ1) is 10.9. The number of aryl methyl sites for hydroxylation is 1. The molecule has 0 radical (unpaired) electrons. The molecule has 0 saturated carbocycles. The third-order valence-corrected chi connectivity index (χ3v) is 3.43. The van der Waals surface area contributed by atoms with Gasteiger partial charge in [-0.25, -0.2) is 4.79 Å². The first-order valence-electron chi connectivity index (χ1n) is 7.20. The summed E-state index contributed by atoms with van der Waals surface area (Å²) in [5.74, 6) is -0.655. The summed E-state index contributed by atoms with van der Waals surface area (Å²) < 4.78 is 6.15. The van der Waals surface area contributed by atoms with E-state index in [4.69, 9.17) is 10.3 Å². The van der Waals surface area contributed by atoms with Crippen molar-refractivity contribution in [3.05, 3.63) is 38.4 Å². The number of carbonyl (C=O) groups excluding carboxylic acids is 1. The van der Waals surface area contributed by atoms with Gasteiger partial charge in [0.05, 0.1) is 5.69 Å². The van der Waals surface area contributed by atoms with Crippen molar-refractivity contribution in [1.29, 1.82) is 0 Å². The van der Waals surface area contributed by atoms with Crippen molar-refractivity contribution < 1.29 is 9.32 Å². The van der Waals surface area contributed by atoms with Crippen LogP contribution in [0.4, 0.5) is 11.5 Å². The molecule has 0 aliphatic heterocycles. The van der Waals surface area contributed by atoms with Crippen LogP contribution in [0, 0.1) is 6.92 Å². The van der Waals surface area contributed by atoms with Crippen LogP contribution in [-0.2, 0) is 6.54 Å². The van der Waals surface area contributed by atoms with Gasteiger partial charge in [-0.05, 0) is 13.3 Å². The summed E-state index contributed by atoms with van der Waals surface area (Å²) in [6, 6.07) is 1.45. The normalized spacial score (nSPS) is 10.7. The number of aromatic nitrogens is 3. The Morgan fingerprint density at radius 1 is 1.48 bits per heavy atom. The van der Waals surface area contributed by atoms with Crippen LogP contribution in [0.1, 0.15) is 36.0 Å². The van der Waals surface area contributed by atoms with Crippen molar-refractivity contribution in [3.8, 4) is 0 Å². The number of nitrogens with one attached hydrogen (secondary N) is 1. The largest absolute Gasteiger partial charge is 0.383 e. The van der Waals surface area contributed by atoms with Gasteiger partial charge >= 0.3 is 5.69 Å². The molecule has 0 spiro atoms. The minimum Gasteiger partial charge on any atom is -0.383 e. The number of nitrogens with zero attached hydrogens (tertiary/aromatic N) is 3. The zero-order chi connectivity index (χ0) is 17.1. The van der Waals surface area contributed by atoms with Crippen LogP contribution < -0.4 is 21.9 Å². The number of unbranched alkanes of at least 4 members (excludes halogenated alkanes) is 1. The molecule has 3 N–H and O–H groups in total. The fourth-order valence-corrected chi connectivity index (χ4v) is 2.17. The Morgan fingerprint density at radius 3 is 2.74 bits per heavy atom. The summed E-state index contributed by atoms with van der Waals surface area (Å²) in [6.07, 6.45) is 1.57. The van der Waals surface area contributed by atoms with Crippen LogP contribution in [0.3, 0.4) is 0 Å². The maximum Gasteiger partial charge on any atom is 0.330 e. The number of rotatable bonds is 5. The average Bonchev–Trinajstić information content (AvgIpc) is 2.92. The number of nitrogens with two attached hydrogens (primary N) is 1. The standard InChI is InChI=1S/C14H19N5O4/c1-4-5-6-19-11(15)10(12(20)16-14(19)22)18(3)13(21)9-7-8(2)17-23-9/h7H,4-6,15H2,1-3H3,(H,16,20,22). The molecule has 2 heterocycles. The van der Waals surface area contributed by atoms with Gasteiger partial charge in [-0.1, -0.05) is 18.5 Å². The molecule has 9 heteroatoms. The van der Waals surface area contributed by atoms with Crippen molar-refractivity contribution in [2.24, 2.45) is 0 Å². The Morgan fingerprint density at radius 2 is 2.17 bits per heavy atom. The topological polar surface area (TPSA) is 127 Å². The zero-order valence-electron chi connectivity index (χ0n) is 13.3. The number of amides is 1. The van der Waals surface area contributed by atoms with E-state index in [0.717, 1.165) is 11.3 Å². The summed E-state index contributed by atoms with van der Waals surface area (Å²) in [5.41, 5.74) is 5.07. The first kappa shape index (κ1) is 16.5. The minimum atomic E-state index is -0.729. The highest BCUT2D eigenvalue weighted by Gasteiger charge is 2.24. The van der Waals surface area contributed by atoms with Gasteiger partial charge in [0.15, 0.2) is 5.69 Å². The van der Waals surface area contributed by atoms with E-state index >= 15 is 0 Å². The van der Waals surface area contributed by atoms with Gasteiger partial charge in [-0.3, -0.25) is 19.1 Å². The lowest BCUT2D eigenvalue weighted by Gasteiger charge is -2.19. The van der Waals surface area contributed by atoms with Gasteiger partial charge in [0.25, 0.3) is 11.5 Å². The number of H-pyrrole nitrogens is 1. The smallest absolute Gasteiger partial charge is 0.330 e. The van der Waals surface area contributed by atoms with Gasteiger partial charge in [-0.15, -0.1) is 0 Å². The van der Waals surface area contributed by atoms with E-state index in [1.165, 1.54) is 17.7 Å². The van der Waals surface area contributed by atoms with E-state index in [9.17, 15) is 14.4 Å². The first-order valence-corrected chi connectivity index (χ1v) is 7.20. The molecular weight excluding hydrogens is 302 g/mol. The fourth-order valence-electron chi connectivity index (χ4n) is 2.17. The minimum absolute atomic E-state index is 0.0184. The van der Waals surface area contributed by atoms with Crippen molar-refractivity contribution in [2.45, 2.75) is 33.2 Å². The predicted molar refractivity (Wildman–Crippen MR) is 84.6 cm³/mol. The molecule has 2 aromatic rings. The lowest BCUT2D eigenvalue weighted by atomic mass is 10.3. The highest BCUT2D eigenvalue weighted by Crippen LogP contribution is 2.18. The van der Waals surface area contributed by atoms with Gasteiger partial charge in [0, 0.05) is 19.7 Å². The molecule has 0 aliphatic carbocycles. The summed E-state index contributed by atoms with van der Waals surface area (Å²) >= 11 is 0. The van der Waals surface area contributed by atoms with Gasteiger partial charge in [-0.2, -0.15) is 0 Å². The molecule has 9 nitrogen and oxygen atoms in total. The molecule has 2 aromatic heterocycles. The van der Waals surface area contributed by atoms with Gasteiger partial charge < -0.3 is 15.2 Å². The Balaban J connectivity index is 2.47. The highest BCUT2D eigenvalue weighted by molar-refractivity contribution is 6.05. The molecule has 0 bridgehead atoms. The maximum atomic E-state index is 12.4. The number of aromatic amines is 1. The van der Waals surface area contributed by atoms with E-state index in [-0.39, 0.29) is 17.3 Å². The molecule has 0 aromatic carbocycles. The molecule has 23 heavy (non-hydrogen) atoms. The van der Waals surface area contributed by atoms with Crippen LogP contribution in [-0.4, -0.2) is 27.7 Å². The van der Waals surface area contributed by atoms with E-state index in [1.54, 1.807) is 6.92 Å². The predicted octanol–water partition coefficient (Wildman–Crippen LogP) is 0.492. The SMILES string of the molecule is CCCCn1c(N)c(N(C)C(=O)c2cc(C)no2)c(=O)[nH]c1=O. The Labute approximate surface area is 131 Å². The lowest BCUT2D eigenvalue weighted by molar-refractivity contribution is 0.0957. The van der Waals surface area contributed by atoms with Crippen LogP contribution >= 0.6 is 0 Å². The van der Waals surface area contributed by atoms with E-state index in [1.807, 2.05) is 6.92 Å². The van der Waals surface area contributed by atoms with Crippen LogP contribution in [0.25, 0.3) is 0 Å². The Kier molecular flexibility index (Phi) is 4.68. The second kappa shape index (κ2) is 6.51. The van der Waals surface area contributed by atoms with Gasteiger partial charge in [0.1, 0.15) is 5.82 Å². The third kappa shape index (κ3) is 3.17. The third-order valence-electron chi connectivity index (χ3n) is 3.43. The lowest BCUT2D eigenvalue weighted by Crippen LogP contribution is -2.39. The maximum absolute atomic E-state index is 12.4. The number of nitrogen functional groups attached to an aromatic ring is 1. The van der Waals surface area contributed by atoms with Crippen molar-refractivity contribution in [2.75, 3.05) is 17.7 Å². The quantitative estimate of drug-likeness (QED) is 0.825.